The van der Waals surface area contributed by atoms with Crippen molar-refractivity contribution in [2.24, 2.45) is 5.92 Å². The summed E-state index contributed by atoms with van der Waals surface area (Å²) in [6.45, 7) is 4.45. The van der Waals surface area contributed by atoms with Gasteiger partial charge in [-0.25, -0.2) is 12.8 Å². The molecule has 1 rings (SSSR count). The molecule has 0 unspecified atom stereocenters. The minimum absolute atomic E-state index is 0.201. The number of carbonyl (C=O) groups excluding carboxylic acids is 1. The van der Waals surface area contributed by atoms with E-state index in [1.54, 1.807) is 0 Å². The largest absolute Gasteiger partial charge is 0.352 e. The van der Waals surface area contributed by atoms with Crippen LogP contribution < -0.4 is 5.32 Å². The van der Waals surface area contributed by atoms with Crippen molar-refractivity contribution in [1.82, 2.24) is 5.32 Å². The standard InChI is InChI=1S/C12H15ClFNO3S/c1-8(2)5-6-15-12(16)10-4-3-9(7-11(10)14)19(13,17)18/h3-4,7-8H,5-6H2,1-2H3,(H,15,16). The quantitative estimate of drug-likeness (QED) is 0.850. The maximum Gasteiger partial charge on any atom is 0.261 e. The van der Waals surface area contributed by atoms with Gasteiger partial charge >= 0.3 is 0 Å². The molecule has 0 saturated heterocycles. The normalized spacial score (nSPS) is 11.6. The number of amides is 1. The second kappa shape index (κ2) is 6.34. The van der Waals surface area contributed by atoms with Crippen molar-refractivity contribution in [3.05, 3.63) is 29.6 Å². The Labute approximate surface area is 116 Å². The zero-order valence-electron chi connectivity index (χ0n) is 10.6. The van der Waals surface area contributed by atoms with E-state index in [2.05, 4.69) is 5.32 Å². The van der Waals surface area contributed by atoms with Crippen LogP contribution in [0.5, 0.6) is 0 Å². The van der Waals surface area contributed by atoms with E-state index in [0.717, 1.165) is 24.6 Å². The van der Waals surface area contributed by atoms with Crippen LogP contribution in [0.25, 0.3) is 0 Å². The summed E-state index contributed by atoms with van der Waals surface area (Å²) in [4.78, 5) is 11.3. The first-order chi connectivity index (χ1) is 8.71. The highest BCUT2D eigenvalue weighted by atomic mass is 35.7. The van der Waals surface area contributed by atoms with Crippen LogP contribution in [0.2, 0.25) is 0 Å². The number of nitrogens with one attached hydrogen (secondary N) is 1. The van der Waals surface area contributed by atoms with Crippen molar-refractivity contribution in [2.75, 3.05) is 6.54 Å². The first-order valence-corrected chi connectivity index (χ1v) is 8.05. The van der Waals surface area contributed by atoms with E-state index in [0.29, 0.717) is 12.5 Å². The fourth-order valence-corrected chi connectivity index (χ4v) is 2.16. The molecule has 0 aromatic heterocycles. The number of benzene rings is 1. The first kappa shape index (κ1) is 15.9. The zero-order chi connectivity index (χ0) is 14.6. The fraction of sp³-hybridized carbons (Fsp3) is 0.417. The molecule has 0 heterocycles. The molecule has 0 fully saturated rings. The highest BCUT2D eigenvalue weighted by Crippen LogP contribution is 2.18. The number of hydrogen-bond acceptors (Lipinski definition) is 3. The average Bonchev–Trinajstić information content (AvgIpc) is 2.26. The SMILES string of the molecule is CC(C)CCNC(=O)c1ccc(S(=O)(=O)Cl)cc1F. The third-order valence-corrected chi connectivity index (χ3v) is 3.83. The Bertz CT molecular complexity index is 572. The predicted octanol–water partition coefficient (Wildman–Crippen LogP) is 2.53. The molecule has 0 radical (unpaired) electrons. The predicted molar refractivity (Wildman–Crippen MR) is 71.2 cm³/mol. The molecule has 0 bridgehead atoms. The summed E-state index contributed by atoms with van der Waals surface area (Å²) >= 11 is 0. The molecular weight excluding hydrogens is 293 g/mol. The number of halogens is 2. The second-order valence-corrected chi connectivity index (χ2v) is 7.08. The Balaban J connectivity index is 2.82. The molecule has 0 aliphatic rings. The third-order valence-electron chi connectivity index (χ3n) is 2.47. The van der Waals surface area contributed by atoms with Gasteiger partial charge < -0.3 is 5.32 Å². The first-order valence-electron chi connectivity index (χ1n) is 5.74. The smallest absolute Gasteiger partial charge is 0.261 e. The summed E-state index contributed by atoms with van der Waals surface area (Å²) in [5, 5.41) is 2.57. The molecule has 1 N–H and O–H groups in total. The number of rotatable bonds is 5. The lowest BCUT2D eigenvalue weighted by atomic mass is 10.1. The van der Waals surface area contributed by atoms with Crippen molar-refractivity contribution in [2.45, 2.75) is 25.2 Å². The third kappa shape index (κ3) is 4.80. The molecule has 4 nitrogen and oxygen atoms in total. The summed E-state index contributed by atoms with van der Waals surface area (Å²) in [7, 11) is 1.09. The van der Waals surface area contributed by atoms with Crippen LogP contribution in [0.4, 0.5) is 4.39 Å². The molecule has 1 aromatic carbocycles. The Kier molecular flexibility index (Phi) is 5.31. The maximum atomic E-state index is 13.6. The van der Waals surface area contributed by atoms with Crippen molar-refractivity contribution in [3.63, 3.8) is 0 Å². The lowest BCUT2D eigenvalue weighted by Gasteiger charge is -2.08. The highest BCUT2D eigenvalue weighted by molar-refractivity contribution is 8.13. The minimum Gasteiger partial charge on any atom is -0.352 e. The molecule has 0 spiro atoms. The van der Waals surface area contributed by atoms with Crippen LogP contribution in [-0.2, 0) is 9.05 Å². The van der Waals surface area contributed by atoms with Gasteiger partial charge in [-0.05, 0) is 30.5 Å². The van der Waals surface area contributed by atoms with Gasteiger partial charge in [-0.2, -0.15) is 0 Å². The van der Waals surface area contributed by atoms with Crippen molar-refractivity contribution in [3.8, 4) is 0 Å². The zero-order valence-corrected chi connectivity index (χ0v) is 12.2. The molecule has 7 heteroatoms. The summed E-state index contributed by atoms with van der Waals surface area (Å²) < 4.78 is 35.7. The highest BCUT2D eigenvalue weighted by Gasteiger charge is 2.16. The van der Waals surface area contributed by atoms with Crippen LogP contribution in [-0.4, -0.2) is 20.9 Å². The van der Waals surface area contributed by atoms with Gasteiger partial charge in [0.2, 0.25) is 0 Å². The summed E-state index contributed by atoms with van der Waals surface area (Å²) in [5.41, 5.74) is -0.201. The monoisotopic (exact) mass is 307 g/mol. The summed E-state index contributed by atoms with van der Waals surface area (Å²) in [5.74, 6) is -1.06. The fourth-order valence-electron chi connectivity index (χ4n) is 1.40. The van der Waals surface area contributed by atoms with Gasteiger partial charge in [0.1, 0.15) is 5.82 Å². The molecule has 106 valence electrons. The molecule has 1 aromatic rings. The van der Waals surface area contributed by atoms with E-state index in [4.69, 9.17) is 10.7 Å². The van der Waals surface area contributed by atoms with Crippen molar-refractivity contribution >= 4 is 25.6 Å². The van der Waals surface area contributed by atoms with Gasteiger partial charge in [0, 0.05) is 17.2 Å². The van der Waals surface area contributed by atoms with E-state index >= 15 is 0 Å². The molecule has 0 aliphatic heterocycles. The van der Waals surface area contributed by atoms with Gasteiger partial charge in [0.05, 0.1) is 10.5 Å². The summed E-state index contributed by atoms with van der Waals surface area (Å²) in [6, 6.07) is 2.94. The van der Waals surface area contributed by atoms with Gasteiger partial charge in [-0.15, -0.1) is 0 Å². The Hall–Kier alpha value is -1.14. The average molecular weight is 308 g/mol. The molecular formula is C12H15ClFNO3S. The van der Waals surface area contributed by atoms with E-state index in [-0.39, 0.29) is 10.5 Å². The maximum absolute atomic E-state index is 13.6. The van der Waals surface area contributed by atoms with Crippen LogP contribution in [0, 0.1) is 11.7 Å². The van der Waals surface area contributed by atoms with Crippen molar-refractivity contribution in [1.29, 1.82) is 0 Å². The Morgan fingerprint density at radius 2 is 2.05 bits per heavy atom. The lowest BCUT2D eigenvalue weighted by molar-refractivity contribution is 0.0948. The van der Waals surface area contributed by atoms with Crippen LogP contribution in [0.3, 0.4) is 0 Å². The van der Waals surface area contributed by atoms with Gasteiger partial charge in [-0.1, -0.05) is 13.8 Å². The minimum atomic E-state index is -4.00. The van der Waals surface area contributed by atoms with E-state index in [9.17, 15) is 17.6 Å². The van der Waals surface area contributed by atoms with E-state index in [1.807, 2.05) is 13.8 Å². The van der Waals surface area contributed by atoms with Gasteiger partial charge in [0.15, 0.2) is 0 Å². The van der Waals surface area contributed by atoms with E-state index < -0.39 is 20.8 Å². The second-order valence-electron chi connectivity index (χ2n) is 4.52. The topological polar surface area (TPSA) is 63.2 Å². The number of carbonyl (C=O) groups is 1. The van der Waals surface area contributed by atoms with Crippen LogP contribution in [0.15, 0.2) is 23.1 Å². The van der Waals surface area contributed by atoms with Crippen LogP contribution >= 0.6 is 10.7 Å². The lowest BCUT2D eigenvalue weighted by Crippen LogP contribution is -2.26. The molecule has 19 heavy (non-hydrogen) atoms. The molecule has 0 aliphatic carbocycles. The van der Waals surface area contributed by atoms with Gasteiger partial charge in [-0.3, -0.25) is 4.79 Å². The Morgan fingerprint density at radius 1 is 1.42 bits per heavy atom. The Morgan fingerprint density at radius 3 is 2.53 bits per heavy atom. The molecule has 1 amide bonds. The van der Waals surface area contributed by atoms with Crippen molar-refractivity contribution < 1.29 is 17.6 Å². The van der Waals surface area contributed by atoms with Gasteiger partial charge in [0.25, 0.3) is 15.0 Å². The summed E-state index contributed by atoms with van der Waals surface area (Å²) in [6.07, 6.45) is 0.779. The van der Waals surface area contributed by atoms with E-state index in [1.165, 1.54) is 0 Å². The van der Waals surface area contributed by atoms with Crippen LogP contribution in [0.1, 0.15) is 30.6 Å². The molecule has 0 saturated carbocycles. The number of hydrogen-bond donors (Lipinski definition) is 1. The molecule has 0 atom stereocenters.